The molecule has 16 heavy (non-hydrogen) atoms. The van der Waals surface area contributed by atoms with Crippen molar-refractivity contribution >= 4 is 23.9 Å². The monoisotopic (exact) mass is 238 g/mol. The van der Waals surface area contributed by atoms with Gasteiger partial charge in [-0.25, -0.2) is 5.43 Å². The number of thioether (sulfide) groups is 1. The summed E-state index contributed by atoms with van der Waals surface area (Å²) in [6, 6.07) is 7.76. The molecule has 1 aromatic rings. The molecule has 0 aliphatic carbocycles. The molecular weight excluding hydrogens is 224 g/mol. The lowest BCUT2D eigenvalue weighted by Crippen LogP contribution is -2.28. The van der Waals surface area contributed by atoms with Gasteiger partial charge < -0.3 is 5.11 Å². The average molecular weight is 238 g/mol. The number of aliphatic hydroxyl groups excluding tert-OH is 1. The molecule has 0 heterocycles. The summed E-state index contributed by atoms with van der Waals surface area (Å²) >= 11 is 1.66. The molecule has 0 aromatic heterocycles. The molecule has 2 N–H and O–H groups in total. The van der Waals surface area contributed by atoms with Crippen molar-refractivity contribution in [2.45, 2.75) is 17.9 Å². The highest BCUT2D eigenvalue weighted by Crippen LogP contribution is 2.13. The van der Waals surface area contributed by atoms with Gasteiger partial charge in [-0.15, -0.1) is 11.8 Å². The maximum absolute atomic E-state index is 11.0. The molecule has 1 atom stereocenters. The smallest absolute Gasteiger partial charge is 0.268 e. The van der Waals surface area contributed by atoms with Crippen LogP contribution in [0.15, 0.2) is 34.3 Å². The molecule has 0 bridgehead atoms. The van der Waals surface area contributed by atoms with Gasteiger partial charge in [-0.1, -0.05) is 12.1 Å². The van der Waals surface area contributed by atoms with Crippen LogP contribution in [0.25, 0.3) is 0 Å². The maximum Gasteiger partial charge on any atom is 0.268 e. The van der Waals surface area contributed by atoms with Gasteiger partial charge in [0, 0.05) is 4.90 Å². The predicted molar refractivity (Wildman–Crippen MR) is 65.6 cm³/mol. The Balaban J connectivity index is 2.53. The summed E-state index contributed by atoms with van der Waals surface area (Å²) in [5, 5.41) is 12.6. The third-order valence-electron chi connectivity index (χ3n) is 1.88. The average Bonchev–Trinajstić information content (AvgIpc) is 2.29. The Labute approximate surface area is 98.8 Å². The molecular formula is C11H14N2O2S. The first-order valence-electron chi connectivity index (χ1n) is 4.78. The van der Waals surface area contributed by atoms with Gasteiger partial charge in [0.05, 0.1) is 6.21 Å². The number of carbonyl (C=O) groups is 1. The van der Waals surface area contributed by atoms with Crippen molar-refractivity contribution < 1.29 is 9.90 Å². The quantitative estimate of drug-likeness (QED) is 0.471. The fourth-order valence-electron chi connectivity index (χ4n) is 0.954. The van der Waals surface area contributed by atoms with Crippen molar-refractivity contribution in [3.05, 3.63) is 29.8 Å². The fourth-order valence-corrected chi connectivity index (χ4v) is 1.36. The van der Waals surface area contributed by atoms with Crippen molar-refractivity contribution in [3.63, 3.8) is 0 Å². The molecule has 0 radical (unpaired) electrons. The summed E-state index contributed by atoms with van der Waals surface area (Å²) in [6.07, 6.45) is 2.49. The van der Waals surface area contributed by atoms with Crippen LogP contribution in [0, 0.1) is 0 Å². The van der Waals surface area contributed by atoms with Gasteiger partial charge in [-0.3, -0.25) is 4.79 Å². The molecule has 4 nitrogen and oxygen atoms in total. The molecule has 1 aromatic carbocycles. The van der Waals surface area contributed by atoms with E-state index in [1.807, 2.05) is 30.5 Å². The number of nitrogens with zero attached hydrogens (tertiary/aromatic N) is 1. The molecule has 0 unspecified atom stereocenters. The van der Waals surface area contributed by atoms with Crippen molar-refractivity contribution in [2.24, 2.45) is 5.10 Å². The number of hydrazone groups is 1. The summed E-state index contributed by atoms with van der Waals surface area (Å²) in [4.78, 5) is 12.1. The van der Waals surface area contributed by atoms with Crippen molar-refractivity contribution in [3.8, 4) is 0 Å². The van der Waals surface area contributed by atoms with Gasteiger partial charge >= 0.3 is 0 Å². The lowest BCUT2D eigenvalue weighted by Gasteiger charge is -2.01. The number of aliphatic hydroxyl groups is 1. The molecule has 0 spiro atoms. The number of hydrogen-bond donors (Lipinski definition) is 2. The highest BCUT2D eigenvalue weighted by molar-refractivity contribution is 7.98. The van der Waals surface area contributed by atoms with E-state index < -0.39 is 12.0 Å². The predicted octanol–water partition coefficient (Wildman–Crippen LogP) is 1.24. The van der Waals surface area contributed by atoms with E-state index in [4.69, 9.17) is 5.11 Å². The number of benzene rings is 1. The van der Waals surface area contributed by atoms with Crippen LogP contribution in [0.3, 0.4) is 0 Å². The van der Waals surface area contributed by atoms with Gasteiger partial charge in [-0.2, -0.15) is 5.10 Å². The Morgan fingerprint density at radius 1 is 1.50 bits per heavy atom. The second-order valence-corrected chi connectivity index (χ2v) is 4.06. The van der Waals surface area contributed by atoms with Crippen molar-refractivity contribution in [2.75, 3.05) is 6.26 Å². The van der Waals surface area contributed by atoms with Gasteiger partial charge in [0.25, 0.3) is 5.91 Å². The Bertz CT molecular complexity index is 374. The van der Waals surface area contributed by atoms with Crippen LogP contribution in [-0.2, 0) is 4.79 Å². The summed E-state index contributed by atoms with van der Waals surface area (Å²) in [7, 11) is 0. The van der Waals surface area contributed by atoms with E-state index in [2.05, 4.69) is 10.5 Å². The number of amides is 1. The minimum Gasteiger partial charge on any atom is -0.383 e. The first kappa shape index (κ1) is 12.7. The highest BCUT2D eigenvalue weighted by atomic mass is 32.2. The third kappa shape index (κ3) is 4.04. The zero-order valence-electron chi connectivity index (χ0n) is 9.18. The van der Waals surface area contributed by atoms with Crippen LogP contribution in [-0.4, -0.2) is 29.6 Å². The van der Waals surface area contributed by atoms with Crippen LogP contribution in [0.4, 0.5) is 0 Å². The van der Waals surface area contributed by atoms with Crippen LogP contribution in [0.5, 0.6) is 0 Å². The molecule has 0 saturated heterocycles. The minimum atomic E-state index is -1.05. The Morgan fingerprint density at radius 3 is 2.62 bits per heavy atom. The Morgan fingerprint density at radius 2 is 2.12 bits per heavy atom. The number of carbonyl (C=O) groups excluding carboxylic acids is 1. The molecule has 5 heteroatoms. The van der Waals surface area contributed by atoms with Gasteiger partial charge in [-0.05, 0) is 30.9 Å². The van der Waals surface area contributed by atoms with E-state index in [-0.39, 0.29) is 0 Å². The molecule has 0 fully saturated rings. The van der Waals surface area contributed by atoms with E-state index in [9.17, 15) is 4.79 Å². The van der Waals surface area contributed by atoms with Crippen molar-refractivity contribution in [1.82, 2.24) is 5.43 Å². The fraction of sp³-hybridized carbons (Fsp3) is 0.273. The first-order chi connectivity index (χ1) is 7.63. The molecule has 0 aliphatic rings. The summed E-state index contributed by atoms with van der Waals surface area (Å²) in [6.45, 7) is 1.39. The molecule has 86 valence electrons. The van der Waals surface area contributed by atoms with Gasteiger partial charge in [0.15, 0.2) is 0 Å². The Kier molecular flexibility index (Phi) is 5.01. The maximum atomic E-state index is 11.0. The highest BCUT2D eigenvalue weighted by Gasteiger charge is 2.05. The zero-order chi connectivity index (χ0) is 12.0. The largest absolute Gasteiger partial charge is 0.383 e. The number of hydrogen-bond acceptors (Lipinski definition) is 4. The van der Waals surface area contributed by atoms with Gasteiger partial charge in [0.2, 0.25) is 0 Å². The second-order valence-electron chi connectivity index (χ2n) is 3.18. The van der Waals surface area contributed by atoms with Crippen LogP contribution in [0.1, 0.15) is 12.5 Å². The second kappa shape index (κ2) is 6.30. The lowest BCUT2D eigenvalue weighted by atomic mass is 10.2. The molecule has 1 amide bonds. The SMILES string of the molecule is CSc1ccc(/C=N\NC(=O)[C@@H](C)O)cc1. The molecule has 0 saturated carbocycles. The van der Waals surface area contributed by atoms with Crippen molar-refractivity contribution in [1.29, 1.82) is 0 Å². The number of rotatable bonds is 4. The minimum absolute atomic E-state index is 0.517. The zero-order valence-corrected chi connectivity index (χ0v) is 9.99. The summed E-state index contributed by atoms with van der Waals surface area (Å²) < 4.78 is 0. The van der Waals surface area contributed by atoms with Gasteiger partial charge in [0.1, 0.15) is 6.10 Å². The van der Waals surface area contributed by atoms with E-state index >= 15 is 0 Å². The standard InChI is InChI=1S/C11H14N2O2S/c1-8(14)11(15)13-12-7-9-3-5-10(16-2)6-4-9/h3-8,14H,1-2H3,(H,13,15)/b12-7-/t8-/m1/s1. The Hall–Kier alpha value is -1.33. The lowest BCUT2D eigenvalue weighted by molar-refractivity contribution is -0.128. The number of nitrogens with one attached hydrogen (secondary N) is 1. The summed E-state index contributed by atoms with van der Waals surface area (Å²) in [5.74, 6) is -0.517. The first-order valence-corrected chi connectivity index (χ1v) is 6.01. The third-order valence-corrected chi connectivity index (χ3v) is 2.63. The normalized spacial score (nSPS) is 12.7. The topological polar surface area (TPSA) is 61.7 Å². The van der Waals surface area contributed by atoms with E-state index in [0.29, 0.717) is 0 Å². The van der Waals surface area contributed by atoms with E-state index in [1.165, 1.54) is 18.0 Å². The van der Waals surface area contributed by atoms with Crippen LogP contribution >= 0.6 is 11.8 Å². The molecule has 0 aliphatic heterocycles. The van der Waals surface area contributed by atoms with E-state index in [0.717, 1.165) is 5.56 Å². The summed E-state index contributed by atoms with van der Waals surface area (Å²) in [5.41, 5.74) is 3.13. The van der Waals surface area contributed by atoms with Crippen LogP contribution < -0.4 is 5.43 Å². The molecule has 1 rings (SSSR count). The van der Waals surface area contributed by atoms with Crippen LogP contribution in [0.2, 0.25) is 0 Å². The van der Waals surface area contributed by atoms with E-state index in [1.54, 1.807) is 11.8 Å².